The van der Waals surface area contributed by atoms with E-state index in [-0.39, 0.29) is 0 Å². The van der Waals surface area contributed by atoms with Gasteiger partial charge in [-0.3, -0.25) is 4.90 Å². The van der Waals surface area contributed by atoms with Crippen LogP contribution in [0.15, 0.2) is 22.7 Å². The lowest BCUT2D eigenvalue weighted by Crippen LogP contribution is -2.32. The van der Waals surface area contributed by atoms with Crippen molar-refractivity contribution in [3.63, 3.8) is 0 Å². The number of aromatic hydroxyl groups is 1. The SMILES string of the molecule is CN(Cc1cc(O)ccc1Br)C1CCCCC1. The number of hydrogen-bond donors (Lipinski definition) is 1. The van der Waals surface area contributed by atoms with Gasteiger partial charge in [-0.25, -0.2) is 0 Å². The number of halogens is 1. The predicted molar refractivity (Wildman–Crippen MR) is 74.1 cm³/mol. The standard InChI is InChI=1S/C14H20BrNO/c1-16(12-5-3-2-4-6-12)10-11-9-13(17)7-8-14(11)15/h7-9,12,17H,2-6,10H2,1H3. The van der Waals surface area contributed by atoms with E-state index in [1.807, 2.05) is 12.1 Å². The molecule has 0 aromatic heterocycles. The number of nitrogens with zero attached hydrogens (tertiary/aromatic N) is 1. The summed E-state index contributed by atoms with van der Waals surface area (Å²) in [5.41, 5.74) is 1.16. The zero-order valence-corrected chi connectivity index (χ0v) is 11.9. The molecule has 3 heteroatoms. The first-order valence-corrected chi connectivity index (χ1v) is 7.14. The molecule has 2 rings (SSSR count). The fraction of sp³-hybridized carbons (Fsp3) is 0.571. The number of phenols is 1. The van der Waals surface area contributed by atoms with Gasteiger partial charge >= 0.3 is 0 Å². The average molecular weight is 298 g/mol. The van der Waals surface area contributed by atoms with Crippen LogP contribution in [0.2, 0.25) is 0 Å². The molecule has 0 heterocycles. The van der Waals surface area contributed by atoms with Crippen molar-refractivity contribution >= 4 is 15.9 Å². The lowest BCUT2D eigenvalue weighted by molar-refractivity contribution is 0.184. The van der Waals surface area contributed by atoms with E-state index in [4.69, 9.17) is 0 Å². The van der Waals surface area contributed by atoms with E-state index in [0.29, 0.717) is 11.8 Å². The monoisotopic (exact) mass is 297 g/mol. The normalized spacial score (nSPS) is 17.6. The highest BCUT2D eigenvalue weighted by molar-refractivity contribution is 9.10. The highest BCUT2D eigenvalue weighted by atomic mass is 79.9. The number of rotatable bonds is 3. The first-order chi connectivity index (χ1) is 8.16. The lowest BCUT2D eigenvalue weighted by Gasteiger charge is -2.31. The lowest BCUT2D eigenvalue weighted by atomic mass is 9.94. The zero-order valence-electron chi connectivity index (χ0n) is 10.3. The van der Waals surface area contributed by atoms with Gasteiger partial charge < -0.3 is 5.11 Å². The van der Waals surface area contributed by atoms with Crippen molar-refractivity contribution in [2.75, 3.05) is 7.05 Å². The molecule has 1 aliphatic rings. The van der Waals surface area contributed by atoms with E-state index in [1.165, 1.54) is 32.1 Å². The molecule has 94 valence electrons. The van der Waals surface area contributed by atoms with E-state index < -0.39 is 0 Å². The van der Waals surface area contributed by atoms with Gasteiger partial charge in [0.15, 0.2) is 0 Å². The second kappa shape index (κ2) is 5.87. The second-order valence-electron chi connectivity index (χ2n) is 4.98. The Morgan fingerprint density at radius 2 is 2.00 bits per heavy atom. The molecule has 0 unspecified atom stereocenters. The van der Waals surface area contributed by atoms with E-state index in [1.54, 1.807) is 6.07 Å². The largest absolute Gasteiger partial charge is 0.508 e. The fourth-order valence-corrected chi connectivity index (χ4v) is 2.97. The Labute approximate surface area is 112 Å². The Kier molecular flexibility index (Phi) is 4.46. The van der Waals surface area contributed by atoms with Gasteiger partial charge in [0.05, 0.1) is 0 Å². The Morgan fingerprint density at radius 3 is 2.71 bits per heavy atom. The minimum absolute atomic E-state index is 0.347. The van der Waals surface area contributed by atoms with Crippen molar-refractivity contribution in [3.05, 3.63) is 28.2 Å². The van der Waals surface area contributed by atoms with Crippen molar-refractivity contribution in [1.29, 1.82) is 0 Å². The topological polar surface area (TPSA) is 23.5 Å². The van der Waals surface area contributed by atoms with Gasteiger partial charge in [0.2, 0.25) is 0 Å². The van der Waals surface area contributed by atoms with Crippen LogP contribution in [0, 0.1) is 0 Å². The van der Waals surface area contributed by atoms with Crippen LogP contribution in [0.1, 0.15) is 37.7 Å². The van der Waals surface area contributed by atoms with Crippen LogP contribution in [0.5, 0.6) is 5.75 Å². The predicted octanol–water partition coefficient (Wildman–Crippen LogP) is 3.92. The average Bonchev–Trinajstić information content (AvgIpc) is 2.35. The second-order valence-corrected chi connectivity index (χ2v) is 5.84. The number of phenolic OH excluding ortho intramolecular Hbond substituents is 1. The molecule has 1 aromatic carbocycles. The molecule has 0 atom stereocenters. The molecule has 17 heavy (non-hydrogen) atoms. The molecule has 0 spiro atoms. The maximum absolute atomic E-state index is 9.52. The van der Waals surface area contributed by atoms with Crippen LogP contribution < -0.4 is 0 Å². The third-order valence-electron chi connectivity index (χ3n) is 3.65. The van der Waals surface area contributed by atoms with Gasteiger partial charge in [0.25, 0.3) is 0 Å². The van der Waals surface area contributed by atoms with E-state index in [9.17, 15) is 5.11 Å². The smallest absolute Gasteiger partial charge is 0.115 e. The highest BCUT2D eigenvalue weighted by Gasteiger charge is 2.18. The van der Waals surface area contributed by atoms with Crippen LogP contribution in [-0.2, 0) is 6.54 Å². The maximum atomic E-state index is 9.52. The van der Waals surface area contributed by atoms with Crippen LogP contribution >= 0.6 is 15.9 Å². The molecule has 0 bridgehead atoms. The summed E-state index contributed by atoms with van der Waals surface area (Å²) in [4.78, 5) is 2.42. The van der Waals surface area contributed by atoms with Crippen molar-refractivity contribution in [1.82, 2.24) is 4.90 Å². The minimum atomic E-state index is 0.347. The van der Waals surface area contributed by atoms with Gasteiger partial charge in [0, 0.05) is 17.1 Å². The Balaban J connectivity index is 2.01. The molecule has 0 amide bonds. The molecule has 1 saturated carbocycles. The summed E-state index contributed by atoms with van der Waals surface area (Å²) in [6.45, 7) is 0.902. The molecule has 2 nitrogen and oxygen atoms in total. The highest BCUT2D eigenvalue weighted by Crippen LogP contribution is 2.26. The minimum Gasteiger partial charge on any atom is -0.508 e. The molecule has 0 aliphatic heterocycles. The summed E-state index contributed by atoms with van der Waals surface area (Å²) in [5.74, 6) is 0.347. The molecule has 1 aliphatic carbocycles. The van der Waals surface area contributed by atoms with Crippen molar-refractivity contribution in [3.8, 4) is 5.75 Å². The van der Waals surface area contributed by atoms with Crippen molar-refractivity contribution in [2.24, 2.45) is 0 Å². The van der Waals surface area contributed by atoms with E-state index >= 15 is 0 Å². The third-order valence-corrected chi connectivity index (χ3v) is 4.42. The summed E-state index contributed by atoms with van der Waals surface area (Å²) in [7, 11) is 2.19. The van der Waals surface area contributed by atoms with Gasteiger partial charge in [-0.2, -0.15) is 0 Å². The van der Waals surface area contributed by atoms with Gasteiger partial charge in [-0.1, -0.05) is 35.2 Å². The Morgan fingerprint density at radius 1 is 1.29 bits per heavy atom. The summed E-state index contributed by atoms with van der Waals surface area (Å²) >= 11 is 3.55. The summed E-state index contributed by atoms with van der Waals surface area (Å²) in [5, 5.41) is 9.52. The molecule has 0 radical (unpaired) electrons. The third kappa shape index (κ3) is 3.46. The quantitative estimate of drug-likeness (QED) is 0.914. The van der Waals surface area contributed by atoms with E-state index in [2.05, 4.69) is 27.9 Å². The first kappa shape index (κ1) is 12.9. The fourth-order valence-electron chi connectivity index (χ4n) is 2.60. The van der Waals surface area contributed by atoms with Crippen LogP contribution in [0.4, 0.5) is 0 Å². The number of hydrogen-bond acceptors (Lipinski definition) is 2. The first-order valence-electron chi connectivity index (χ1n) is 6.34. The van der Waals surface area contributed by atoms with Crippen molar-refractivity contribution < 1.29 is 5.11 Å². The Bertz CT molecular complexity index is 374. The van der Waals surface area contributed by atoms with Crippen LogP contribution in [0.3, 0.4) is 0 Å². The summed E-state index contributed by atoms with van der Waals surface area (Å²) < 4.78 is 1.08. The van der Waals surface area contributed by atoms with Crippen LogP contribution in [0.25, 0.3) is 0 Å². The summed E-state index contributed by atoms with van der Waals surface area (Å²) in [6.07, 6.45) is 6.73. The number of benzene rings is 1. The molecule has 1 aromatic rings. The molecular formula is C14H20BrNO. The molecule has 1 N–H and O–H groups in total. The molecular weight excluding hydrogens is 278 g/mol. The van der Waals surface area contributed by atoms with Gasteiger partial charge in [-0.15, -0.1) is 0 Å². The van der Waals surface area contributed by atoms with Gasteiger partial charge in [-0.05, 0) is 43.7 Å². The summed E-state index contributed by atoms with van der Waals surface area (Å²) in [6, 6.07) is 6.19. The molecule has 1 fully saturated rings. The van der Waals surface area contributed by atoms with Gasteiger partial charge in [0.1, 0.15) is 5.75 Å². The Hall–Kier alpha value is -0.540. The maximum Gasteiger partial charge on any atom is 0.115 e. The van der Waals surface area contributed by atoms with Crippen LogP contribution in [-0.4, -0.2) is 23.1 Å². The van der Waals surface area contributed by atoms with E-state index in [0.717, 1.165) is 16.6 Å². The van der Waals surface area contributed by atoms with Crippen molar-refractivity contribution in [2.45, 2.75) is 44.7 Å². The zero-order chi connectivity index (χ0) is 12.3. The molecule has 0 saturated heterocycles.